The number of hydrogen-bond donors (Lipinski definition) is 2. The first-order chi connectivity index (χ1) is 14.5. The lowest BCUT2D eigenvalue weighted by Gasteiger charge is -2.33. The molecule has 8 nitrogen and oxygen atoms in total. The molecule has 0 unspecified atom stereocenters. The third-order valence-electron chi connectivity index (χ3n) is 5.36. The lowest BCUT2D eigenvalue weighted by molar-refractivity contribution is -0.0500. The van der Waals surface area contributed by atoms with Crippen LogP contribution in [0.3, 0.4) is 0 Å². The number of fused-ring (bicyclic) bond motifs is 1. The monoisotopic (exact) mass is 439 g/mol. The predicted octanol–water partition coefficient (Wildman–Crippen LogP) is 3.77. The van der Waals surface area contributed by atoms with Gasteiger partial charge < -0.3 is 20.5 Å². The molecule has 0 saturated heterocycles. The fourth-order valence-corrected chi connectivity index (χ4v) is 3.80. The van der Waals surface area contributed by atoms with Crippen molar-refractivity contribution in [1.29, 1.82) is 0 Å². The van der Waals surface area contributed by atoms with Gasteiger partial charge in [-0.1, -0.05) is 0 Å². The van der Waals surface area contributed by atoms with E-state index in [1.807, 2.05) is 0 Å². The van der Waals surface area contributed by atoms with Crippen LogP contribution in [0.2, 0.25) is 0 Å². The van der Waals surface area contributed by atoms with Crippen molar-refractivity contribution in [2.45, 2.75) is 70.1 Å². The van der Waals surface area contributed by atoms with Crippen LogP contribution in [0, 0.1) is 5.92 Å². The number of ether oxygens (including phenoxy) is 2. The fourth-order valence-electron chi connectivity index (χ4n) is 3.80. The van der Waals surface area contributed by atoms with Crippen LogP contribution in [0.5, 0.6) is 0 Å². The second-order valence-electron chi connectivity index (χ2n) is 9.14. The van der Waals surface area contributed by atoms with Gasteiger partial charge in [-0.05, 0) is 51.2 Å². The van der Waals surface area contributed by atoms with E-state index in [0.29, 0.717) is 17.9 Å². The number of nitrogens with two attached hydrogens (primary N) is 1. The highest BCUT2D eigenvalue weighted by Crippen LogP contribution is 2.41. The van der Waals surface area contributed by atoms with Crippen LogP contribution in [0.4, 0.5) is 13.6 Å². The van der Waals surface area contributed by atoms with Crippen molar-refractivity contribution < 1.29 is 23.0 Å². The molecule has 1 amide bonds. The molecule has 2 heterocycles. The van der Waals surface area contributed by atoms with Gasteiger partial charge in [-0.15, -0.1) is 0 Å². The van der Waals surface area contributed by atoms with Crippen LogP contribution in [0.1, 0.15) is 69.8 Å². The quantitative estimate of drug-likeness (QED) is 0.710. The number of rotatable bonds is 6. The van der Waals surface area contributed by atoms with Gasteiger partial charge in [-0.3, -0.25) is 0 Å². The van der Waals surface area contributed by atoms with E-state index in [4.69, 9.17) is 15.2 Å². The Hall–Kier alpha value is -2.33. The Morgan fingerprint density at radius 1 is 1.39 bits per heavy atom. The molecule has 172 valence electrons. The maximum absolute atomic E-state index is 13.7. The largest absolute Gasteiger partial charge is 0.444 e. The second-order valence-corrected chi connectivity index (χ2v) is 9.14. The van der Waals surface area contributed by atoms with E-state index in [9.17, 15) is 13.6 Å². The molecule has 2 aromatic rings. The van der Waals surface area contributed by atoms with Crippen molar-refractivity contribution >= 4 is 11.7 Å². The molecular formula is C21H31F2N5O3. The van der Waals surface area contributed by atoms with Gasteiger partial charge in [0.2, 0.25) is 5.92 Å². The molecule has 2 atom stereocenters. The molecule has 1 saturated carbocycles. The van der Waals surface area contributed by atoms with E-state index in [2.05, 4.69) is 15.4 Å². The smallest absolute Gasteiger partial charge is 0.408 e. The highest BCUT2D eigenvalue weighted by Gasteiger charge is 2.39. The highest BCUT2D eigenvalue weighted by atomic mass is 19.3. The molecule has 0 aromatic carbocycles. The second kappa shape index (κ2) is 9.04. The Balaban J connectivity index is 1.88. The molecule has 1 aliphatic rings. The Labute approximate surface area is 180 Å². The molecule has 0 radical (unpaired) electrons. The lowest BCUT2D eigenvalue weighted by atomic mass is 9.81. The zero-order valence-electron chi connectivity index (χ0n) is 18.4. The van der Waals surface area contributed by atoms with Crippen molar-refractivity contribution in [3.05, 3.63) is 29.7 Å². The maximum atomic E-state index is 13.7. The van der Waals surface area contributed by atoms with Crippen molar-refractivity contribution in [1.82, 2.24) is 19.9 Å². The number of imidazole rings is 1. The standard InChI is InChI=1S/C21H31F2N5O3/c1-20(2,3)31-19(29)27-18(13-5-7-21(22,23)8-6-13)16-11-28-17(26-16)9-14(10-25-28)15(24)12-30-4/h9-11,13,15,18H,5-8,12,24H2,1-4H3,(H,27,29)/t15-,18+/m1/s1. The third kappa shape index (κ3) is 6.10. The molecule has 2 aromatic heterocycles. The summed E-state index contributed by atoms with van der Waals surface area (Å²) in [6.45, 7) is 5.64. The first-order valence-corrected chi connectivity index (χ1v) is 10.4. The van der Waals surface area contributed by atoms with E-state index in [1.165, 1.54) is 0 Å². The summed E-state index contributed by atoms with van der Waals surface area (Å²) in [7, 11) is 1.57. The normalized spacial score (nSPS) is 19.2. The molecule has 1 aliphatic carbocycles. The van der Waals surface area contributed by atoms with Crippen molar-refractivity contribution in [2.75, 3.05) is 13.7 Å². The number of carbonyl (C=O) groups excluding carboxylic acids is 1. The van der Waals surface area contributed by atoms with Crippen LogP contribution in [-0.2, 0) is 9.47 Å². The average molecular weight is 440 g/mol. The summed E-state index contributed by atoms with van der Waals surface area (Å²) in [6.07, 6.45) is 2.85. The zero-order chi connectivity index (χ0) is 22.8. The molecule has 3 rings (SSSR count). The molecule has 31 heavy (non-hydrogen) atoms. The van der Waals surface area contributed by atoms with Crippen molar-refractivity contribution in [3.63, 3.8) is 0 Å². The Kier molecular flexibility index (Phi) is 6.80. The number of hydrogen-bond acceptors (Lipinski definition) is 6. The molecule has 3 N–H and O–H groups in total. The summed E-state index contributed by atoms with van der Waals surface area (Å²) < 4.78 is 39.5. The SMILES string of the molecule is COC[C@@H](N)c1cnn2cc([C@@H](NC(=O)OC(C)(C)C)C3CCC(F)(F)CC3)nc2c1. The van der Waals surface area contributed by atoms with Gasteiger partial charge in [0.05, 0.1) is 36.8 Å². The molecule has 0 spiro atoms. The van der Waals surface area contributed by atoms with Crippen molar-refractivity contribution in [2.24, 2.45) is 11.7 Å². The minimum absolute atomic E-state index is 0.188. The summed E-state index contributed by atoms with van der Waals surface area (Å²) in [5, 5.41) is 7.20. The van der Waals surface area contributed by atoms with Crippen LogP contribution >= 0.6 is 0 Å². The van der Waals surface area contributed by atoms with Gasteiger partial charge in [0, 0.05) is 20.0 Å². The topological polar surface area (TPSA) is 104 Å². The van der Waals surface area contributed by atoms with Gasteiger partial charge >= 0.3 is 6.09 Å². The van der Waals surface area contributed by atoms with E-state index in [1.54, 1.807) is 50.9 Å². The number of amides is 1. The zero-order valence-corrected chi connectivity index (χ0v) is 18.4. The van der Waals surface area contributed by atoms with Crippen LogP contribution in [-0.4, -0.2) is 45.9 Å². The number of aromatic nitrogens is 3. The minimum atomic E-state index is -2.67. The van der Waals surface area contributed by atoms with Crippen LogP contribution in [0.15, 0.2) is 18.5 Å². The first kappa shape index (κ1) is 23.3. The molecule has 10 heteroatoms. The van der Waals surface area contributed by atoms with Crippen molar-refractivity contribution in [3.8, 4) is 0 Å². The van der Waals surface area contributed by atoms with Gasteiger partial charge in [-0.25, -0.2) is 23.1 Å². The molecule has 1 fully saturated rings. The number of halogens is 2. The van der Waals surface area contributed by atoms with E-state index in [-0.39, 0.29) is 37.6 Å². The number of alkyl carbamates (subject to hydrolysis) is 1. The maximum Gasteiger partial charge on any atom is 0.408 e. The van der Waals surface area contributed by atoms with E-state index >= 15 is 0 Å². The number of nitrogens with one attached hydrogen (secondary N) is 1. The number of nitrogens with zero attached hydrogens (tertiary/aromatic N) is 3. The summed E-state index contributed by atoms with van der Waals surface area (Å²) in [6, 6.07) is 0.891. The molecular weight excluding hydrogens is 408 g/mol. The van der Waals surface area contributed by atoms with Crippen LogP contribution in [0.25, 0.3) is 5.65 Å². The Morgan fingerprint density at radius 2 is 2.06 bits per heavy atom. The van der Waals surface area contributed by atoms with Gasteiger partial charge in [-0.2, -0.15) is 5.10 Å². The van der Waals surface area contributed by atoms with E-state index < -0.39 is 23.7 Å². The summed E-state index contributed by atoms with van der Waals surface area (Å²) >= 11 is 0. The molecule has 0 aliphatic heterocycles. The minimum Gasteiger partial charge on any atom is -0.444 e. The first-order valence-electron chi connectivity index (χ1n) is 10.4. The van der Waals surface area contributed by atoms with Gasteiger partial charge in [0.1, 0.15) is 5.60 Å². The Morgan fingerprint density at radius 3 is 2.68 bits per heavy atom. The lowest BCUT2D eigenvalue weighted by Crippen LogP contribution is -2.40. The predicted molar refractivity (Wildman–Crippen MR) is 111 cm³/mol. The number of carbonyl (C=O) groups is 1. The summed E-state index contributed by atoms with van der Waals surface area (Å²) in [4.78, 5) is 17.1. The highest BCUT2D eigenvalue weighted by molar-refractivity contribution is 5.68. The number of alkyl halides is 2. The summed E-state index contributed by atoms with van der Waals surface area (Å²) in [5.74, 6) is -2.85. The molecule has 0 bridgehead atoms. The van der Waals surface area contributed by atoms with Crippen LogP contribution < -0.4 is 11.1 Å². The Bertz CT molecular complexity index is 902. The van der Waals surface area contributed by atoms with E-state index in [0.717, 1.165) is 5.56 Å². The number of methoxy groups -OCH3 is 1. The fraction of sp³-hybridized carbons (Fsp3) is 0.667. The third-order valence-corrected chi connectivity index (χ3v) is 5.36. The van der Waals surface area contributed by atoms with Gasteiger partial charge in [0.15, 0.2) is 5.65 Å². The van der Waals surface area contributed by atoms with Gasteiger partial charge in [0.25, 0.3) is 0 Å². The average Bonchev–Trinajstić information content (AvgIpc) is 3.08. The summed E-state index contributed by atoms with van der Waals surface area (Å²) in [5.41, 5.74) is 7.27.